The molecule has 0 aliphatic carbocycles. The Morgan fingerprint density at radius 3 is 2.29 bits per heavy atom. The van der Waals surface area contributed by atoms with Crippen LogP contribution in [0.1, 0.15) is 35.7 Å². The van der Waals surface area contributed by atoms with Crippen LogP contribution < -0.4 is 16.2 Å². The smallest absolute Gasteiger partial charge is 0.311 e. The minimum absolute atomic E-state index is 0.00440. The zero-order valence-corrected chi connectivity index (χ0v) is 20.1. The molecule has 3 rings (SSSR count). The first-order chi connectivity index (χ1) is 16.4. The molecular weight excluding hydrogens is 459 g/mol. The molecule has 1 aromatic heterocycles. The van der Waals surface area contributed by atoms with Gasteiger partial charge in [0.05, 0.1) is 5.54 Å². The van der Waals surface area contributed by atoms with E-state index in [1.807, 2.05) is 11.9 Å². The predicted octanol–water partition coefficient (Wildman–Crippen LogP) is -0.320. The Balaban J connectivity index is 1.80. The van der Waals surface area contributed by atoms with E-state index in [9.17, 15) is 28.7 Å². The SMILES string of the molecule is CN1CCN(C(=O)C(=O)NC(C)(C)c2nc(C(=O)NCc3ccc(F)cc3)c(O)c(=O)n2C)CC1. The van der Waals surface area contributed by atoms with E-state index < -0.39 is 46.1 Å². The molecule has 188 valence electrons. The fraction of sp³-hybridized carbons (Fsp3) is 0.435. The number of aromatic nitrogens is 2. The van der Waals surface area contributed by atoms with E-state index in [2.05, 4.69) is 15.6 Å². The summed E-state index contributed by atoms with van der Waals surface area (Å²) in [6.07, 6.45) is 0. The summed E-state index contributed by atoms with van der Waals surface area (Å²) in [5, 5.41) is 15.4. The van der Waals surface area contributed by atoms with Gasteiger partial charge < -0.3 is 25.5 Å². The van der Waals surface area contributed by atoms with Crippen molar-refractivity contribution >= 4 is 17.7 Å². The maximum Gasteiger partial charge on any atom is 0.311 e. The van der Waals surface area contributed by atoms with Crippen molar-refractivity contribution in [1.82, 2.24) is 30.0 Å². The molecule has 35 heavy (non-hydrogen) atoms. The number of nitrogens with one attached hydrogen (secondary N) is 2. The van der Waals surface area contributed by atoms with Crippen LogP contribution in [0.15, 0.2) is 29.1 Å². The Kier molecular flexibility index (Phi) is 7.54. The van der Waals surface area contributed by atoms with Gasteiger partial charge in [0.25, 0.3) is 11.5 Å². The summed E-state index contributed by atoms with van der Waals surface area (Å²) in [6, 6.07) is 5.44. The number of nitrogens with zero attached hydrogens (tertiary/aromatic N) is 4. The third-order valence-electron chi connectivity index (χ3n) is 5.82. The standard InChI is InChI=1S/C23H29FN6O5/c1-23(2,27-19(33)21(35)30-11-9-28(3)10-12-30)22-26-16(17(31)20(34)29(22)4)18(32)25-13-14-5-7-15(24)8-6-14/h5-8,31H,9-13H2,1-4H3,(H,25,32)(H,27,33). The molecule has 1 fully saturated rings. The van der Waals surface area contributed by atoms with Gasteiger partial charge in [0, 0.05) is 39.8 Å². The highest BCUT2D eigenvalue weighted by atomic mass is 19.1. The number of aromatic hydroxyl groups is 1. The second-order valence-electron chi connectivity index (χ2n) is 8.98. The van der Waals surface area contributed by atoms with E-state index >= 15 is 0 Å². The lowest BCUT2D eigenvalue weighted by atomic mass is 10.0. The third-order valence-corrected chi connectivity index (χ3v) is 5.82. The Hall–Kier alpha value is -3.80. The second-order valence-corrected chi connectivity index (χ2v) is 8.98. The number of amides is 3. The molecule has 0 spiro atoms. The summed E-state index contributed by atoms with van der Waals surface area (Å²) in [4.78, 5) is 58.3. The molecule has 2 heterocycles. The quantitative estimate of drug-likeness (QED) is 0.491. The van der Waals surface area contributed by atoms with Crippen LogP contribution in [0, 0.1) is 5.82 Å². The van der Waals surface area contributed by atoms with Gasteiger partial charge in [-0.15, -0.1) is 0 Å². The van der Waals surface area contributed by atoms with Crippen LogP contribution >= 0.6 is 0 Å². The summed E-state index contributed by atoms with van der Waals surface area (Å²) in [5.41, 5.74) is -2.17. The van der Waals surface area contributed by atoms with Crippen LogP contribution in [0.2, 0.25) is 0 Å². The molecule has 0 atom stereocenters. The van der Waals surface area contributed by atoms with E-state index in [1.165, 1.54) is 50.1 Å². The molecule has 1 aliphatic rings. The lowest BCUT2D eigenvalue weighted by Gasteiger charge is -2.33. The molecule has 12 heteroatoms. The van der Waals surface area contributed by atoms with Gasteiger partial charge in [-0.25, -0.2) is 9.37 Å². The van der Waals surface area contributed by atoms with Crippen molar-refractivity contribution in [3.8, 4) is 5.75 Å². The molecule has 0 bridgehead atoms. The second kappa shape index (κ2) is 10.2. The number of rotatable bonds is 5. The van der Waals surface area contributed by atoms with Crippen LogP contribution in [-0.4, -0.2) is 75.4 Å². The molecule has 1 saturated heterocycles. The molecule has 1 aromatic carbocycles. The number of hydrogen-bond acceptors (Lipinski definition) is 7. The highest BCUT2D eigenvalue weighted by Crippen LogP contribution is 2.20. The summed E-state index contributed by atoms with van der Waals surface area (Å²) >= 11 is 0. The van der Waals surface area contributed by atoms with E-state index in [0.717, 1.165) is 4.57 Å². The molecule has 0 unspecified atom stereocenters. The molecule has 0 radical (unpaired) electrons. The largest absolute Gasteiger partial charge is 0.501 e. The Bertz CT molecular complexity index is 1190. The number of halogens is 1. The van der Waals surface area contributed by atoms with Crippen LogP contribution in [0.4, 0.5) is 4.39 Å². The van der Waals surface area contributed by atoms with Gasteiger partial charge in [-0.2, -0.15) is 0 Å². The van der Waals surface area contributed by atoms with Gasteiger partial charge in [0.15, 0.2) is 5.69 Å². The average molecular weight is 489 g/mol. The number of likely N-dealkylation sites (N-methyl/N-ethyl adjacent to an activating group) is 1. The van der Waals surface area contributed by atoms with Crippen LogP contribution in [0.3, 0.4) is 0 Å². The summed E-state index contributed by atoms with van der Waals surface area (Å²) in [5.74, 6) is -3.72. The monoisotopic (exact) mass is 488 g/mol. The van der Waals surface area contributed by atoms with Gasteiger partial charge in [-0.1, -0.05) is 12.1 Å². The summed E-state index contributed by atoms with van der Waals surface area (Å²) in [7, 11) is 3.26. The highest BCUT2D eigenvalue weighted by molar-refractivity contribution is 6.35. The predicted molar refractivity (Wildman–Crippen MR) is 124 cm³/mol. The zero-order chi connectivity index (χ0) is 25.9. The number of benzene rings is 1. The number of carbonyl (C=O) groups excluding carboxylic acids is 3. The van der Waals surface area contributed by atoms with Crippen molar-refractivity contribution in [2.75, 3.05) is 33.2 Å². The Morgan fingerprint density at radius 1 is 1.09 bits per heavy atom. The Morgan fingerprint density at radius 2 is 1.69 bits per heavy atom. The molecule has 3 N–H and O–H groups in total. The van der Waals surface area contributed by atoms with E-state index in [1.54, 1.807) is 0 Å². The van der Waals surface area contributed by atoms with Crippen LogP contribution in [-0.2, 0) is 28.7 Å². The molecular formula is C23H29FN6O5. The van der Waals surface area contributed by atoms with Crippen LogP contribution in [0.25, 0.3) is 0 Å². The zero-order valence-electron chi connectivity index (χ0n) is 20.1. The maximum atomic E-state index is 13.1. The maximum absolute atomic E-state index is 13.1. The van der Waals surface area contributed by atoms with Crippen molar-refractivity contribution in [2.45, 2.75) is 25.9 Å². The van der Waals surface area contributed by atoms with Gasteiger partial charge in [-0.3, -0.25) is 23.7 Å². The van der Waals surface area contributed by atoms with Gasteiger partial charge in [-0.05, 0) is 38.6 Å². The van der Waals surface area contributed by atoms with Crippen molar-refractivity contribution in [3.63, 3.8) is 0 Å². The molecule has 3 amide bonds. The van der Waals surface area contributed by atoms with Crippen molar-refractivity contribution in [3.05, 3.63) is 57.5 Å². The van der Waals surface area contributed by atoms with Crippen molar-refractivity contribution in [2.24, 2.45) is 7.05 Å². The topological polar surface area (TPSA) is 137 Å². The average Bonchev–Trinajstić information content (AvgIpc) is 2.81. The van der Waals surface area contributed by atoms with Crippen LogP contribution in [0.5, 0.6) is 5.75 Å². The normalized spacial score (nSPS) is 14.5. The molecule has 1 aliphatic heterocycles. The number of carbonyl (C=O) groups is 3. The lowest BCUT2D eigenvalue weighted by Crippen LogP contribution is -2.55. The third kappa shape index (κ3) is 5.83. The van der Waals surface area contributed by atoms with E-state index in [4.69, 9.17) is 0 Å². The first kappa shape index (κ1) is 25.8. The minimum Gasteiger partial charge on any atom is -0.501 e. The molecule has 11 nitrogen and oxygen atoms in total. The minimum atomic E-state index is -1.34. The first-order valence-electron chi connectivity index (χ1n) is 11.0. The van der Waals surface area contributed by atoms with Crippen molar-refractivity contribution in [1.29, 1.82) is 0 Å². The number of piperazine rings is 1. The molecule has 2 aromatic rings. The number of hydrogen-bond donors (Lipinski definition) is 3. The van der Waals surface area contributed by atoms with Crippen molar-refractivity contribution < 1.29 is 23.9 Å². The van der Waals surface area contributed by atoms with Gasteiger partial charge in [0.1, 0.15) is 11.6 Å². The fourth-order valence-corrected chi connectivity index (χ4v) is 3.72. The summed E-state index contributed by atoms with van der Waals surface area (Å²) < 4.78 is 14.1. The Labute approximate surface area is 201 Å². The summed E-state index contributed by atoms with van der Waals surface area (Å²) in [6.45, 7) is 5.18. The highest BCUT2D eigenvalue weighted by Gasteiger charge is 2.34. The first-order valence-corrected chi connectivity index (χ1v) is 11.0. The fourth-order valence-electron chi connectivity index (χ4n) is 3.72. The van der Waals surface area contributed by atoms with E-state index in [0.29, 0.717) is 31.7 Å². The lowest BCUT2D eigenvalue weighted by molar-refractivity contribution is -0.147. The van der Waals surface area contributed by atoms with Gasteiger partial charge >= 0.3 is 11.8 Å². The molecule has 0 saturated carbocycles. The van der Waals surface area contributed by atoms with Gasteiger partial charge in [0.2, 0.25) is 5.75 Å². The van der Waals surface area contributed by atoms with E-state index in [-0.39, 0.29) is 12.4 Å².